The molecule has 1 fully saturated rings. The zero-order valence-electron chi connectivity index (χ0n) is 14.3. The number of carbonyl (C=O) groups excluding carboxylic acids is 1. The quantitative estimate of drug-likeness (QED) is 0.689. The van der Waals surface area contributed by atoms with E-state index in [1.165, 1.54) is 0 Å². The van der Waals surface area contributed by atoms with Gasteiger partial charge < -0.3 is 5.32 Å². The lowest BCUT2D eigenvalue weighted by Gasteiger charge is -2.32. The fraction of sp³-hybridized carbons (Fsp3) is 0.933. The Balaban J connectivity index is 2.37. The van der Waals surface area contributed by atoms with Crippen molar-refractivity contribution in [3.63, 3.8) is 0 Å². The SMILES string of the molecule is CC(C)CNC(=O)CN1CCC[C@@H](CNS(=O)(=O)C(C)C)C1. The van der Waals surface area contributed by atoms with Gasteiger partial charge in [0.25, 0.3) is 0 Å². The Bertz CT molecular complexity index is 449. The van der Waals surface area contributed by atoms with E-state index >= 15 is 0 Å². The van der Waals surface area contributed by atoms with E-state index in [-0.39, 0.29) is 11.8 Å². The number of hydrogen-bond donors (Lipinski definition) is 2. The number of nitrogens with zero attached hydrogens (tertiary/aromatic N) is 1. The molecule has 2 N–H and O–H groups in total. The van der Waals surface area contributed by atoms with Gasteiger partial charge in [-0.3, -0.25) is 9.69 Å². The summed E-state index contributed by atoms with van der Waals surface area (Å²) in [4.78, 5) is 14.0. The fourth-order valence-electron chi connectivity index (χ4n) is 2.44. The van der Waals surface area contributed by atoms with Crippen LogP contribution in [0.2, 0.25) is 0 Å². The first kappa shape index (κ1) is 19.4. The third kappa shape index (κ3) is 7.07. The van der Waals surface area contributed by atoms with Gasteiger partial charge in [-0.2, -0.15) is 0 Å². The molecule has 0 aromatic carbocycles. The van der Waals surface area contributed by atoms with E-state index in [9.17, 15) is 13.2 Å². The largest absolute Gasteiger partial charge is 0.355 e. The number of rotatable bonds is 8. The molecule has 1 amide bonds. The van der Waals surface area contributed by atoms with Crippen molar-refractivity contribution in [2.75, 3.05) is 32.7 Å². The minimum Gasteiger partial charge on any atom is -0.355 e. The third-order valence-corrected chi connectivity index (χ3v) is 5.68. The van der Waals surface area contributed by atoms with Crippen molar-refractivity contribution in [1.29, 1.82) is 0 Å². The molecular formula is C15H31N3O3S. The lowest BCUT2D eigenvalue weighted by Crippen LogP contribution is -2.46. The van der Waals surface area contributed by atoms with E-state index in [4.69, 9.17) is 0 Å². The maximum atomic E-state index is 11.9. The van der Waals surface area contributed by atoms with E-state index in [0.29, 0.717) is 25.6 Å². The molecule has 0 aromatic rings. The van der Waals surface area contributed by atoms with Crippen LogP contribution in [0.4, 0.5) is 0 Å². The van der Waals surface area contributed by atoms with Gasteiger partial charge in [-0.05, 0) is 45.1 Å². The normalized spacial score (nSPS) is 20.5. The van der Waals surface area contributed by atoms with Crippen molar-refractivity contribution in [2.45, 2.75) is 45.8 Å². The van der Waals surface area contributed by atoms with Gasteiger partial charge in [0.05, 0.1) is 11.8 Å². The molecule has 1 aliphatic rings. The second-order valence-electron chi connectivity index (χ2n) is 6.88. The van der Waals surface area contributed by atoms with Crippen LogP contribution in [0.25, 0.3) is 0 Å². The van der Waals surface area contributed by atoms with Crippen LogP contribution in [0.1, 0.15) is 40.5 Å². The molecule has 1 atom stereocenters. The summed E-state index contributed by atoms with van der Waals surface area (Å²) >= 11 is 0. The monoisotopic (exact) mass is 333 g/mol. The first-order valence-electron chi connectivity index (χ1n) is 8.18. The van der Waals surface area contributed by atoms with Crippen LogP contribution in [-0.2, 0) is 14.8 Å². The van der Waals surface area contributed by atoms with Crippen LogP contribution >= 0.6 is 0 Å². The van der Waals surface area contributed by atoms with Gasteiger partial charge >= 0.3 is 0 Å². The predicted molar refractivity (Wildman–Crippen MR) is 89.1 cm³/mol. The second kappa shape index (κ2) is 8.84. The number of sulfonamides is 1. The van der Waals surface area contributed by atoms with Gasteiger partial charge in [-0.25, -0.2) is 13.1 Å². The molecule has 0 aliphatic carbocycles. The summed E-state index contributed by atoms with van der Waals surface area (Å²) in [5.74, 6) is 0.778. The van der Waals surface area contributed by atoms with Crippen molar-refractivity contribution in [1.82, 2.24) is 14.9 Å². The highest BCUT2D eigenvalue weighted by Gasteiger charge is 2.24. The summed E-state index contributed by atoms with van der Waals surface area (Å²) in [5.41, 5.74) is 0. The summed E-state index contributed by atoms with van der Waals surface area (Å²) in [5, 5.41) is 2.51. The number of piperidine rings is 1. The molecule has 6 nitrogen and oxygen atoms in total. The molecular weight excluding hydrogens is 302 g/mol. The van der Waals surface area contributed by atoms with Crippen LogP contribution < -0.4 is 10.0 Å². The predicted octanol–water partition coefficient (Wildman–Crippen LogP) is 0.798. The summed E-state index contributed by atoms with van der Waals surface area (Å²) in [7, 11) is -3.20. The molecule has 1 aliphatic heterocycles. The number of carbonyl (C=O) groups is 1. The molecule has 0 bridgehead atoms. The van der Waals surface area contributed by atoms with E-state index in [1.807, 2.05) is 0 Å². The molecule has 1 rings (SSSR count). The maximum absolute atomic E-state index is 11.9. The van der Waals surface area contributed by atoms with Crippen LogP contribution in [-0.4, -0.2) is 57.2 Å². The molecule has 0 unspecified atom stereocenters. The minimum atomic E-state index is -3.20. The topological polar surface area (TPSA) is 78.5 Å². The van der Waals surface area contributed by atoms with E-state index in [1.54, 1.807) is 13.8 Å². The molecule has 0 spiro atoms. The Morgan fingerprint density at radius 3 is 2.55 bits per heavy atom. The zero-order valence-corrected chi connectivity index (χ0v) is 15.1. The molecule has 1 saturated heterocycles. The first-order chi connectivity index (χ1) is 10.2. The Hall–Kier alpha value is -0.660. The highest BCUT2D eigenvalue weighted by molar-refractivity contribution is 7.90. The zero-order chi connectivity index (χ0) is 16.8. The first-order valence-corrected chi connectivity index (χ1v) is 9.73. The summed E-state index contributed by atoms with van der Waals surface area (Å²) in [6.45, 7) is 10.7. The van der Waals surface area contributed by atoms with Gasteiger partial charge in [-0.1, -0.05) is 13.8 Å². The van der Waals surface area contributed by atoms with Crippen molar-refractivity contribution in [3.8, 4) is 0 Å². The molecule has 0 radical (unpaired) electrons. The van der Waals surface area contributed by atoms with Crippen molar-refractivity contribution in [2.24, 2.45) is 11.8 Å². The second-order valence-corrected chi connectivity index (χ2v) is 9.21. The standard InChI is InChI=1S/C15H31N3O3S/c1-12(2)8-16-15(19)11-18-7-5-6-14(10-18)9-17-22(20,21)13(3)4/h12-14,17H,5-11H2,1-4H3,(H,16,19)/t14-/m0/s1. The number of hydrogen-bond acceptors (Lipinski definition) is 4. The maximum Gasteiger partial charge on any atom is 0.234 e. The van der Waals surface area contributed by atoms with Crippen LogP contribution in [0.5, 0.6) is 0 Å². The van der Waals surface area contributed by atoms with Gasteiger partial charge in [0.1, 0.15) is 0 Å². The van der Waals surface area contributed by atoms with Crippen LogP contribution in [0, 0.1) is 11.8 Å². The minimum absolute atomic E-state index is 0.0529. The summed E-state index contributed by atoms with van der Waals surface area (Å²) in [6, 6.07) is 0. The Kier molecular flexibility index (Phi) is 7.79. The van der Waals surface area contributed by atoms with Crippen molar-refractivity contribution < 1.29 is 13.2 Å². The number of nitrogens with one attached hydrogen (secondary N) is 2. The molecule has 7 heteroatoms. The lowest BCUT2D eigenvalue weighted by atomic mass is 9.98. The Labute approximate surface area is 135 Å². The lowest BCUT2D eigenvalue weighted by molar-refractivity contribution is -0.122. The van der Waals surface area contributed by atoms with Gasteiger partial charge in [-0.15, -0.1) is 0 Å². The highest BCUT2D eigenvalue weighted by atomic mass is 32.2. The summed E-state index contributed by atoms with van der Waals surface area (Å²) < 4.78 is 26.3. The fourth-order valence-corrected chi connectivity index (χ4v) is 3.24. The smallest absolute Gasteiger partial charge is 0.234 e. The van der Waals surface area contributed by atoms with Crippen LogP contribution in [0.3, 0.4) is 0 Å². The average molecular weight is 333 g/mol. The average Bonchev–Trinajstić information content (AvgIpc) is 2.43. The van der Waals surface area contributed by atoms with Gasteiger partial charge in [0.15, 0.2) is 0 Å². The van der Waals surface area contributed by atoms with E-state index in [0.717, 1.165) is 25.9 Å². The molecule has 0 aromatic heterocycles. The van der Waals surface area contributed by atoms with Gasteiger partial charge in [0.2, 0.25) is 15.9 Å². The number of likely N-dealkylation sites (tertiary alicyclic amines) is 1. The Morgan fingerprint density at radius 2 is 1.95 bits per heavy atom. The molecule has 22 heavy (non-hydrogen) atoms. The highest BCUT2D eigenvalue weighted by Crippen LogP contribution is 2.16. The van der Waals surface area contributed by atoms with Crippen molar-refractivity contribution in [3.05, 3.63) is 0 Å². The summed E-state index contributed by atoms with van der Waals surface area (Å²) in [6.07, 6.45) is 2.01. The molecule has 1 heterocycles. The number of amides is 1. The Morgan fingerprint density at radius 1 is 1.27 bits per heavy atom. The van der Waals surface area contributed by atoms with Crippen LogP contribution in [0.15, 0.2) is 0 Å². The third-order valence-electron chi connectivity index (χ3n) is 3.87. The van der Waals surface area contributed by atoms with E-state index < -0.39 is 15.3 Å². The molecule has 0 saturated carbocycles. The van der Waals surface area contributed by atoms with E-state index in [2.05, 4.69) is 28.8 Å². The van der Waals surface area contributed by atoms with Gasteiger partial charge in [0, 0.05) is 19.6 Å². The molecule has 130 valence electrons. The van der Waals surface area contributed by atoms with Crippen molar-refractivity contribution >= 4 is 15.9 Å².